The lowest BCUT2D eigenvalue weighted by Crippen LogP contribution is -2.30. The zero-order chi connectivity index (χ0) is 10.3. The van der Waals surface area contributed by atoms with Gasteiger partial charge < -0.3 is 0 Å². The van der Waals surface area contributed by atoms with Crippen LogP contribution in [0, 0.1) is 17.3 Å². The molecule has 0 saturated heterocycles. The van der Waals surface area contributed by atoms with Crippen molar-refractivity contribution in [3.8, 4) is 0 Å². The van der Waals surface area contributed by atoms with Gasteiger partial charge >= 0.3 is 0 Å². The predicted molar refractivity (Wildman–Crippen MR) is 65.2 cm³/mol. The number of halogens is 1. The molecule has 0 N–H and O–H groups in total. The van der Waals surface area contributed by atoms with E-state index < -0.39 is 0 Å². The lowest BCUT2D eigenvalue weighted by atomic mass is 9.70. The van der Waals surface area contributed by atoms with Crippen molar-refractivity contribution >= 4 is 11.6 Å². The van der Waals surface area contributed by atoms with Crippen LogP contribution in [0.5, 0.6) is 0 Å². The van der Waals surface area contributed by atoms with Crippen molar-refractivity contribution in [1.82, 2.24) is 0 Å². The van der Waals surface area contributed by atoms with E-state index in [-0.39, 0.29) is 0 Å². The van der Waals surface area contributed by atoms with Gasteiger partial charge in [0.15, 0.2) is 0 Å². The average Bonchev–Trinajstić information content (AvgIpc) is 2.93. The maximum atomic E-state index is 6.31. The number of fused-ring (bicyclic) bond motifs is 2. The van der Waals surface area contributed by atoms with Gasteiger partial charge in [-0.25, -0.2) is 0 Å². The molecule has 0 heterocycles. The molecule has 0 nitrogen and oxygen atoms in total. The molecule has 0 radical (unpaired) electrons. The van der Waals surface area contributed by atoms with Gasteiger partial charge in [0.2, 0.25) is 0 Å². The van der Waals surface area contributed by atoms with Gasteiger partial charge in [0.25, 0.3) is 0 Å². The SMILES string of the molecule is ClCC1(CC2=CCCC2)CC2CCC1C2. The molecule has 0 spiro atoms. The molecule has 3 aliphatic rings. The third-order valence-corrected chi connectivity index (χ3v) is 5.62. The van der Waals surface area contributed by atoms with Crippen molar-refractivity contribution in [3.05, 3.63) is 11.6 Å². The van der Waals surface area contributed by atoms with Gasteiger partial charge in [0, 0.05) is 5.88 Å². The molecule has 2 fully saturated rings. The van der Waals surface area contributed by atoms with Gasteiger partial charge in [-0.2, -0.15) is 0 Å². The molecule has 3 rings (SSSR count). The second-order valence-corrected chi connectivity index (χ2v) is 6.27. The van der Waals surface area contributed by atoms with Crippen LogP contribution in [0.15, 0.2) is 11.6 Å². The standard InChI is InChI=1S/C14H21Cl/c15-10-14(8-11-3-1-2-4-11)9-12-5-6-13(14)7-12/h3,12-13H,1-2,4-10H2. The lowest BCUT2D eigenvalue weighted by molar-refractivity contribution is 0.192. The summed E-state index contributed by atoms with van der Waals surface area (Å²) in [6.07, 6.45) is 13.8. The van der Waals surface area contributed by atoms with E-state index in [0.29, 0.717) is 5.41 Å². The Balaban J connectivity index is 1.75. The summed E-state index contributed by atoms with van der Waals surface area (Å²) in [6, 6.07) is 0. The van der Waals surface area contributed by atoms with Gasteiger partial charge in [-0.1, -0.05) is 18.1 Å². The molecule has 3 unspecified atom stereocenters. The first-order valence-corrected chi connectivity index (χ1v) is 7.10. The molecule has 0 aromatic heterocycles. The smallest absolute Gasteiger partial charge is 0.0285 e. The second kappa shape index (κ2) is 3.80. The second-order valence-electron chi connectivity index (χ2n) is 6.01. The van der Waals surface area contributed by atoms with Crippen molar-refractivity contribution < 1.29 is 0 Å². The Hall–Kier alpha value is 0.0300. The zero-order valence-corrected chi connectivity index (χ0v) is 10.2. The van der Waals surface area contributed by atoms with E-state index in [1.54, 1.807) is 5.57 Å². The Kier molecular flexibility index (Phi) is 2.59. The Morgan fingerprint density at radius 3 is 2.87 bits per heavy atom. The molecule has 2 bridgehead atoms. The molecule has 0 aliphatic heterocycles. The monoisotopic (exact) mass is 224 g/mol. The Morgan fingerprint density at radius 1 is 1.40 bits per heavy atom. The summed E-state index contributed by atoms with van der Waals surface area (Å²) >= 11 is 6.31. The zero-order valence-electron chi connectivity index (χ0n) is 9.47. The molecule has 0 aromatic rings. The number of hydrogen-bond acceptors (Lipinski definition) is 0. The van der Waals surface area contributed by atoms with Crippen LogP contribution in [-0.4, -0.2) is 5.88 Å². The molecule has 84 valence electrons. The summed E-state index contributed by atoms with van der Waals surface area (Å²) < 4.78 is 0. The largest absolute Gasteiger partial charge is 0.126 e. The normalized spacial score (nSPS) is 43.7. The van der Waals surface area contributed by atoms with Crippen LogP contribution in [0.3, 0.4) is 0 Å². The van der Waals surface area contributed by atoms with Crippen molar-refractivity contribution in [1.29, 1.82) is 0 Å². The highest BCUT2D eigenvalue weighted by atomic mass is 35.5. The van der Waals surface area contributed by atoms with E-state index in [2.05, 4.69) is 6.08 Å². The molecule has 1 heteroatoms. The van der Waals surface area contributed by atoms with Crippen molar-refractivity contribution in [2.45, 2.75) is 51.4 Å². The fraction of sp³-hybridized carbons (Fsp3) is 0.857. The highest BCUT2D eigenvalue weighted by molar-refractivity contribution is 6.18. The Bertz CT molecular complexity index is 281. The van der Waals surface area contributed by atoms with E-state index >= 15 is 0 Å². The van der Waals surface area contributed by atoms with Gasteiger partial charge in [0.1, 0.15) is 0 Å². The predicted octanol–water partition coefficient (Wildman–Crippen LogP) is 4.53. The van der Waals surface area contributed by atoms with Crippen molar-refractivity contribution in [3.63, 3.8) is 0 Å². The maximum Gasteiger partial charge on any atom is 0.0285 e. The molecular weight excluding hydrogens is 204 g/mol. The van der Waals surface area contributed by atoms with Crippen LogP contribution in [0.1, 0.15) is 51.4 Å². The molecule has 3 aliphatic carbocycles. The number of alkyl halides is 1. The van der Waals surface area contributed by atoms with Gasteiger partial charge in [-0.05, 0) is 62.2 Å². The first-order valence-electron chi connectivity index (χ1n) is 6.56. The minimum absolute atomic E-state index is 0.515. The lowest BCUT2D eigenvalue weighted by Gasteiger charge is -2.36. The van der Waals surface area contributed by atoms with Gasteiger partial charge in [-0.15, -0.1) is 11.6 Å². The highest BCUT2D eigenvalue weighted by Gasteiger charge is 2.50. The quantitative estimate of drug-likeness (QED) is 0.488. The Morgan fingerprint density at radius 2 is 2.33 bits per heavy atom. The van der Waals surface area contributed by atoms with Crippen LogP contribution in [0.25, 0.3) is 0 Å². The van der Waals surface area contributed by atoms with Crippen LogP contribution in [0.2, 0.25) is 0 Å². The third kappa shape index (κ3) is 1.65. The third-order valence-electron chi connectivity index (χ3n) is 5.08. The van der Waals surface area contributed by atoms with E-state index in [1.165, 1.54) is 51.4 Å². The fourth-order valence-electron chi connectivity index (χ4n) is 4.34. The van der Waals surface area contributed by atoms with E-state index in [4.69, 9.17) is 11.6 Å². The van der Waals surface area contributed by atoms with Crippen molar-refractivity contribution in [2.24, 2.45) is 17.3 Å². The number of hydrogen-bond donors (Lipinski definition) is 0. The molecule has 2 saturated carbocycles. The topological polar surface area (TPSA) is 0 Å². The maximum absolute atomic E-state index is 6.31. The number of allylic oxidation sites excluding steroid dienone is 2. The molecular formula is C14H21Cl. The molecule has 15 heavy (non-hydrogen) atoms. The molecule has 3 atom stereocenters. The van der Waals surface area contributed by atoms with Crippen LogP contribution < -0.4 is 0 Å². The van der Waals surface area contributed by atoms with E-state index in [1.807, 2.05) is 0 Å². The minimum atomic E-state index is 0.515. The van der Waals surface area contributed by atoms with Crippen LogP contribution in [-0.2, 0) is 0 Å². The van der Waals surface area contributed by atoms with Gasteiger partial charge in [0.05, 0.1) is 0 Å². The van der Waals surface area contributed by atoms with Crippen molar-refractivity contribution in [2.75, 3.05) is 5.88 Å². The number of rotatable bonds is 3. The summed E-state index contributed by atoms with van der Waals surface area (Å²) in [5.74, 6) is 2.89. The summed E-state index contributed by atoms with van der Waals surface area (Å²) in [5.41, 5.74) is 2.24. The van der Waals surface area contributed by atoms with Crippen LogP contribution in [0.4, 0.5) is 0 Å². The van der Waals surface area contributed by atoms with E-state index in [0.717, 1.165) is 17.7 Å². The first-order chi connectivity index (χ1) is 7.32. The molecule has 0 aromatic carbocycles. The van der Waals surface area contributed by atoms with Crippen LogP contribution >= 0.6 is 11.6 Å². The average molecular weight is 225 g/mol. The Labute approximate surface area is 98.1 Å². The highest BCUT2D eigenvalue weighted by Crippen LogP contribution is 2.59. The minimum Gasteiger partial charge on any atom is -0.126 e. The summed E-state index contributed by atoms with van der Waals surface area (Å²) in [4.78, 5) is 0. The van der Waals surface area contributed by atoms with Gasteiger partial charge in [-0.3, -0.25) is 0 Å². The fourth-order valence-corrected chi connectivity index (χ4v) is 4.76. The van der Waals surface area contributed by atoms with E-state index in [9.17, 15) is 0 Å². The summed E-state index contributed by atoms with van der Waals surface area (Å²) in [7, 11) is 0. The summed E-state index contributed by atoms with van der Waals surface area (Å²) in [5, 5.41) is 0. The summed E-state index contributed by atoms with van der Waals surface area (Å²) in [6.45, 7) is 0. The first kappa shape index (κ1) is 10.2. The molecule has 0 amide bonds.